The molecule has 2 N–H and O–H groups in total. The maximum Gasteiger partial charge on any atom is 0.258 e. The number of rotatable bonds is 5. The molecular weight excluding hydrogens is 426 g/mol. The summed E-state index contributed by atoms with van der Waals surface area (Å²) < 4.78 is 11.8. The number of anilines is 1. The highest BCUT2D eigenvalue weighted by Crippen LogP contribution is 2.38. The number of para-hydroxylation sites is 1. The minimum Gasteiger partial charge on any atom is -0.486 e. The van der Waals surface area contributed by atoms with Gasteiger partial charge in [-0.05, 0) is 34.5 Å². The Balaban J connectivity index is 1.37. The lowest BCUT2D eigenvalue weighted by Gasteiger charge is -2.20. The molecule has 0 bridgehead atoms. The number of aromatic amines is 1. The fraction of sp³-hybridized carbons (Fsp3) is 0.250. The lowest BCUT2D eigenvalue weighted by molar-refractivity contribution is -0.116. The van der Waals surface area contributed by atoms with Gasteiger partial charge in [0.2, 0.25) is 5.91 Å². The maximum atomic E-state index is 12.3. The maximum absolute atomic E-state index is 12.3. The fourth-order valence-corrected chi connectivity index (χ4v) is 3.46. The third kappa shape index (κ3) is 4.01. The van der Waals surface area contributed by atoms with Crippen molar-refractivity contribution >= 4 is 38.4 Å². The van der Waals surface area contributed by atoms with E-state index < -0.39 is 0 Å². The average Bonchev–Trinajstić information content (AvgIpc) is 2.69. The summed E-state index contributed by atoms with van der Waals surface area (Å²) in [5.74, 6) is 1.72. The number of aromatic nitrogens is 2. The van der Waals surface area contributed by atoms with Gasteiger partial charge < -0.3 is 19.8 Å². The van der Waals surface area contributed by atoms with E-state index >= 15 is 0 Å². The second-order valence-corrected chi connectivity index (χ2v) is 7.26. The number of ether oxygens (including phenoxy) is 2. The normalized spacial score (nSPS) is 12.8. The fourth-order valence-electron chi connectivity index (χ4n) is 3.04. The van der Waals surface area contributed by atoms with E-state index in [2.05, 4.69) is 31.2 Å². The van der Waals surface area contributed by atoms with Gasteiger partial charge in [-0.15, -0.1) is 0 Å². The molecular formula is C20H18BrN3O4. The highest BCUT2D eigenvalue weighted by Gasteiger charge is 2.16. The molecule has 2 aromatic carbocycles. The van der Waals surface area contributed by atoms with Gasteiger partial charge in [0.15, 0.2) is 11.5 Å². The Labute approximate surface area is 169 Å². The monoisotopic (exact) mass is 443 g/mol. The van der Waals surface area contributed by atoms with E-state index in [0.717, 1.165) is 4.47 Å². The molecule has 144 valence electrons. The number of hydrogen-bond donors (Lipinski definition) is 2. The van der Waals surface area contributed by atoms with Crippen LogP contribution in [0.4, 0.5) is 5.69 Å². The van der Waals surface area contributed by atoms with Gasteiger partial charge in [0.25, 0.3) is 5.56 Å². The first-order chi connectivity index (χ1) is 13.6. The molecule has 0 saturated heterocycles. The van der Waals surface area contributed by atoms with Crippen LogP contribution >= 0.6 is 15.9 Å². The second kappa shape index (κ2) is 8.02. The molecule has 0 spiro atoms. The van der Waals surface area contributed by atoms with Crippen molar-refractivity contribution in [3.8, 4) is 11.5 Å². The third-order valence-corrected chi connectivity index (χ3v) is 5.04. The van der Waals surface area contributed by atoms with Gasteiger partial charge in [0.1, 0.15) is 19.0 Å². The largest absolute Gasteiger partial charge is 0.486 e. The molecule has 8 heteroatoms. The van der Waals surface area contributed by atoms with E-state index in [0.29, 0.717) is 66.4 Å². The Hall–Kier alpha value is -2.87. The van der Waals surface area contributed by atoms with Crippen LogP contribution in [0.15, 0.2) is 45.7 Å². The van der Waals surface area contributed by atoms with E-state index in [1.54, 1.807) is 30.3 Å². The Kier molecular flexibility index (Phi) is 5.29. The summed E-state index contributed by atoms with van der Waals surface area (Å²) in [6, 6.07) is 10.7. The molecule has 0 unspecified atom stereocenters. The summed E-state index contributed by atoms with van der Waals surface area (Å²) in [5.41, 5.74) is 1.13. The Morgan fingerprint density at radius 1 is 1.18 bits per heavy atom. The van der Waals surface area contributed by atoms with Gasteiger partial charge in [0, 0.05) is 29.4 Å². The lowest BCUT2D eigenvalue weighted by atomic mass is 10.2. The number of hydrogen-bond acceptors (Lipinski definition) is 5. The van der Waals surface area contributed by atoms with Crippen LogP contribution in [-0.2, 0) is 11.2 Å². The number of nitrogens with one attached hydrogen (secondary N) is 2. The average molecular weight is 444 g/mol. The highest BCUT2D eigenvalue weighted by atomic mass is 79.9. The van der Waals surface area contributed by atoms with Crippen molar-refractivity contribution in [1.82, 2.24) is 9.97 Å². The number of benzene rings is 2. The molecule has 4 rings (SSSR count). The smallest absolute Gasteiger partial charge is 0.258 e. The van der Waals surface area contributed by atoms with E-state index in [9.17, 15) is 9.59 Å². The minimum absolute atomic E-state index is 0.125. The van der Waals surface area contributed by atoms with Crippen molar-refractivity contribution in [2.45, 2.75) is 19.3 Å². The van der Waals surface area contributed by atoms with Crippen molar-refractivity contribution in [1.29, 1.82) is 0 Å². The van der Waals surface area contributed by atoms with E-state index in [4.69, 9.17) is 9.47 Å². The number of halogens is 1. The van der Waals surface area contributed by atoms with Gasteiger partial charge in [-0.2, -0.15) is 0 Å². The zero-order valence-corrected chi connectivity index (χ0v) is 16.5. The number of H-pyrrole nitrogens is 1. The lowest BCUT2D eigenvalue weighted by Crippen LogP contribution is -2.17. The molecule has 28 heavy (non-hydrogen) atoms. The van der Waals surface area contributed by atoms with Crippen LogP contribution in [0.5, 0.6) is 11.5 Å². The predicted molar refractivity (Wildman–Crippen MR) is 109 cm³/mol. The Bertz CT molecular complexity index is 1100. The predicted octanol–water partition coefficient (Wildman–Crippen LogP) is 3.42. The molecule has 0 saturated carbocycles. The molecule has 1 aliphatic rings. The van der Waals surface area contributed by atoms with Crippen LogP contribution in [0.1, 0.15) is 18.7 Å². The summed E-state index contributed by atoms with van der Waals surface area (Å²) >= 11 is 3.44. The van der Waals surface area contributed by atoms with Crippen LogP contribution in [0.25, 0.3) is 10.9 Å². The molecule has 0 atom stereocenters. The van der Waals surface area contributed by atoms with Gasteiger partial charge in [-0.1, -0.05) is 12.1 Å². The zero-order valence-electron chi connectivity index (χ0n) is 15.0. The van der Waals surface area contributed by atoms with Gasteiger partial charge in [-0.25, -0.2) is 4.98 Å². The number of carbonyl (C=O) groups excluding carboxylic acids is 1. The SMILES string of the molecule is O=C(CCCc1nc2ccccc2c(=O)[nH]1)Nc1cc2c(cc1Br)OCCO2. The molecule has 3 aromatic rings. The minimum atomic E-state index is -0.162. The molecule has 7 nitrogen and oxygen atoms in total. The Morgan fingerprint density at radius 3 is 2.75 bits per heavy atom. The summed E-state index contributed by atoms with van der Waals surface area (Å²) in [6.07, 6.45) is 1.38. The van der Waals surface area contributed by atoms with Gasteiger partial charge in [0.05, 0.1) is 16.6 Å². The first kappa shape index (κ1) is 18.5. The van der Waals surface area contributed by atoms with Crippen LogP contribution in [0.2, 0.25) is 0 Å². The topological polar surface area (TPSA) is 93.3 Å². The van der Waals surface area contributed by atoms with Gasteiger partial charge >= 0.3 is 0 Å². The number of carbonyl (C=O) groups is 1. The van der Waals surface area contributed by atoms with Crippen LogP contribution in [0.3, 0.4) is 0 Å². The Morgan fingerprint density at radius 2 is 1.93 bits per heavy atom. The molecule has 0 aliphatic carbocycles. The van der Waals surface area contributed by atoms with Crippen molar-refractivity contribution in [3.63, 3.8) is 0 Å². The molecule has 2 heterocycles. The van der Waals surface area contributed by atoms with Crippen LogP contribution < -0.4 is 20.3 Å². The molecule has 1 aliphatic heterocycles. The standard InChI is InChI=1S/C20H18BrN3O4/c21-13-10-16-17(28-9-8-27-16)11-15(13)23-19(25)7-3-6-18-22-14-5-2-1-4-12(14)20(26)24-18/h1-2,4-5,10-11H,3,6-9H2,(H,23,25)(H,22,24,26). The third-order valence-electron chi connectivity index (χ3n) is 4.39. The second-order valence-electron chi connectivity index (χ2n) is 6.41. The number of nitrogens with zero attached hydrogens (tertiary/aromatic N) is 1. The summed E-state index contributed by atoms with van der Waals surface area (Å²) in [5, 5.41) is 3.44. The number of aryl methyl sites for hydroxylation is 1. The molecule has 0 fully saturated rings. The van der Waals surface area contributed by atoms with Crippen molar-refractivity contribution in [2.75, 3.05) is 18.5 Å². The quantitative estimate of drug-likeness (QED) is 0.629. The summed E-state index contributed by atoms with van der Waals surface area (Å²) in [4.78, 5) is 31.6. The van der Waals surface area contributed by atoms with Crippen molar-refractivity contribution < 1.29 is 14.3 Å². The first-order valence-electron chi connectivity index (χ1n) is 8.97. The van der Waals surface area contributed by atoms with E-state index in [-0.39, 0.29) is 11.5 Å². The number of fused-ring (bicyclic) bond motifs is 2. The molecule has 1 amide bonds. The van der Waals surface area contributed by atoms with Crippen molar-refractivity contribution in [2.24, 2.45) is 0 Å². The van der Waals surface area contributed by atoms with Crippen molar-refractivity contribution in [3.05, 3.63) is 57.0 Å². The summed E-state index contributed by atoms with van der Waals surface area (Å²) in [7, 11) is 0. The van der Waals surface area contributed by atoms with E-state index in [1.165, 1.54) is 0 Å². The first-order valence-corrected chi connectivity index (χ1v) is 9.76. The zero-order chi connectivity index (χ0) is 19.5. The number of amides is 1. The van der Waals surface area contributed by atoms with Crippen LogP contribution in [0, 0.1) is 0 Å². The summed E-state index contributed by atoms with van der Waals surface area (Å²) in [6.45, 7) is 0.995. The van der Waals surface area contributed by atoms with Gasteiger partial charge in [-0.3, -0.25) is 9.59 Å². The highest BCUT2D eigenvalue weighted by molar-refractivity contribution is 9.10. The van der Waals surface area contributed by atoms with E-state index in [1.807, 2.05) is 6.07 Å². The van der Waals surface area contributed by atoms with Crippen LogP contribution in [-0.4, -0.2) is 29.1 Å². The molecule has 0 radical (unpaired) electrons. The molecule has 1 aromatic heterocycles.